The first-order chi connectivity index (χ1) is 14.1. The lowest BCUT2D eigenvalue weighted by Crippen LogP contribution is -2.52. The van der Waals surface area contributed by atoms with E-state index in [0.29, 0.717) is 25.6 Å². The zero-order valence-electron chi connectivity index (χ0n) is 17.7. The van der Waals surface area contributed by atoms with Crippen LogP contribution in [0.4, 0.5) is 0 Å². The number of nitrogens with zero attached hydrogens (tertiary/aromatic N) is 3. The van der Waals surface area contributed by atoms with Crippen molar-refractivity contribution in [1.82, 2.24) is 25.5 Å². The number of imidazole rings is 1. The lowest BCUT2D eigenvalue weighted by Gasteiger charge is -2.34. The van der Waals surface area contributed by atoms with Crippen LogP contribution in [0.1, 0.15) is 19.7 Å². The van der Waals surface area contributed by atoms with Gasteiger partial charge in [0.05, 0.1) is 30.7 Å². The van der Waals surface area contributed by atoms with Gasteiger partial charge in [-0.15, -0.1) is 24.0 Å². The number of hydrogen-bond acceptors (Lipinski definition) is 5. The van der Waals surface area contributed by atoms with Crippen LogP contribution >= 0.6 is 24.0 Å². The van der Waals surface area contributed by atoms with E-state index in [0.717, 1.165) is 49.9 Å². The molecule has 0 radical (unpaired) electrons. The van der Waals surface area contributed by atoms with Crippen LogP contribution in [-0.4, -0.2) is 77.5 Å². The average molecular weight is 528 g/mol. The molecule has 2 aromatic rings. The van der Waals surface area contributed by atoms with Crippen molar-refractivity contribution in [2.75, 3.05) is 45.9 Å². The summed E-state index contributed by atoms with van der Waals surface area (Å²) in [6, 6.07) is 10.1. The second kappa shape index (κ2) is 12.2. The number of hydrogen-bond donors (Lipinski definition) is 4. The number of benzene rings is 1. The van der Waals surface area contributed by atoms with Crippen molar-refractivity contribution in [1.29, 1.82) is 0 Å². The summed E-state index contributed by atoms with van der Waals surface area (Å²) in [5.41, 5.74) is 1.21. The lowest BCUT2D eigenvalue weighted by molar-refractivity contribution is -0.0201. The third-order valence-electron chi connectivity index (χ3n) is 4.75. The molecular weight excluding hydrogens is 495 g/mol. The van der Waals surface area contributed by atoms with Gasteiger partial charge >= 0.3 is 0 Å². The van der Waals surface area contributed by atoms with Gasteiger partial charge in [0.1, 0.15) is 12.4 Å². The quantitative estimate of drug-likeness (QED) is 0.237. The Bertz CT molecular complexity index is 775. The highest BCUT2D eigenvalue weighted by atomic mass is 127. The number of halogens is 1. The van der Waals surface area contributed by atoms with Gasteiger partial charge in [0.25, 0.3) is 0 Å². The maximum Gasteiger partial charge on any atom is 0.191 e. The topological polar surface area (TPSA) is 97.8 Å². The summed E-state index contributed by atoms with van der Waals surface area (Å²) in [6.07, 6.45) is 1.83. The minimum Gasteiger partial charge on any atom is -0.387 e. The van der Waals surface area contributed by atoms with Crippen LogP contribution in [0.25, 0.3) is 11.3 Å². The van der Waals surface area contributed by atoms with E-state index in [-0.39, 0.29) is 24.0 Å². The highest BCUT2D eigenvalue weighted by Gasteiger charge is 2.25. The fourth-order valence-electron chi connectivity index (χ4n) is 3.27. The van der Waals surface area contributed by atoms with Crippen LogP contribution in [0.2, 0.25) is 0 Å². The largest absolute Gasteiger partial charge is 0.387 e. The van der Waals surface area contributed by atoms with Crippen molar-refractivity contribution < 1.29 is 9.84 Å². The van der Waals surface area contributed by atoms with Crippen LogP contribution < -0.4 is 10.6 Å². The normalized spacial score (nSPS) is 17.1. The zero-order chi connectivity index (χ0) is 20.5. The zero-order valence-corrected chi connectivity index (χ0v) is 20.1. The Hall–Kier alpha value is -1.69. The van der Waals surface area contributed by atoms with Crippen molar-refractivity contribution in [3.05, 3.63) is 42.4 Å². The number of aliphatic hydroxyl groups is 1. The van der Waals surface area contributed by atoms with Gasteiger partial charge in [-0.2, -0.15) is 0 Å². The smallest absolute Gasteiger partial charge is 0.191 e. The molecule has 1 saturated heterocycles. The Kier molecular flexibility index (Phi) is 10.0. The summed E-state index contributed by atoms with van der Waals surface area (Å²) in [7, 11) is 0. The molecule has 0 amide bonds. The first kappa shape index (κ1) is 24.6. The molecule has 0 aliphatic carbocycles. The van der Waals surface area contributed by atoms with Crippen molar-refractivity contribution in [3.63, 3.8) is 0 Å². The van der Waals surface area contributed by atoms with Crippen LogP contribution in [0, 0.1) is 0 Å². The monoisotopic (exact) mass is 528 g/mol. The molecule has 2 heterocycles. The molecule has 166 valence electrons. The Morgan fingerprint density at radius 2 is 2.00 bits per heavy atom. The number of rotatable bonds is 8. The third-order valence-corrected chi connectivity index (χ3v) is 4.75. The Labute approximate surface area is 195 Å². The number of H-pyrrole nitrogens is 1. The summed E-state index contributed by atoms with van der Waals surface area (Å²) in [4.78, 5) is 14.6. The summed E-state index contributed by atoms with van der Waals surface area (Å²) in [5.74, 6) is 1.45. The first-order valence-electron chi connectivity index (χ1n) is 10.2. The van der Waals surface area contributed by atoms with Gasteiger partial charge in [-0.25, -0.2) is 9.98 Å². The Balaban J connectivity index is 0.00000320. The fraction of sp³-hybridized carbons (Fsp3) is 0.524. The fourth-order valence-corrected chi connectivity index (χ4v) is 3.27. The number of aromatic amines is 1. The predicted octanol–water partition coefficient (Wildman–Crippen LogP) is 1.83. The van der Waals surface area contributed by atoms with Crippen molar-refractivity contribution in [3.8, 4) is 11.3 Å². The van der Waals surface area contributed by atoms with Gasteiger partial charge in [0.2, 0.25) is 0 Å². The van der Waals surface area contributed by atoms with Crippen LogP contribution in [0.3, 0.4) is 0 Å². The summed E-state index contributed by atoms with van der Waals surface area (Å²) < 4.78 is 5.37. The maximum absolute atomic E-state index is 10.8. The van der Waals surface area contributed by atoms with E-state index in [2.05, 4.69) is 30.5 Å². The second-order valence-electron chi connectivity index (χ2n) is 7.54. The highest BCUT2D eigenvalue weighted by Crippen LogP contribution is 2.16. The molecular formula is C21H33IN6O2. The molecule has 1 unspecified atom stereocenters. The van der Waals surface area contributed by atoms with E-state index < -0.39 is 5.60 Å². The van der Waals surface area contributed by atoms with Gasteiger partial charge in [0.15, 0.2) is 5.96 Å². The minimum absolute atomic E-state index is 0. The molecule has 4 N–H and O–H groups in total. The number of aliphatic imine (C=N–C) groups is 1. The van der Waals surface area contributed by atoms with Gasteiger partial charge in [0, 0.05) is 32.7 Å². The van der Waals surface area contributed by atoms with Crippen LogP contribution in [-0.2, 0) is 11.3 Å². The van der Waals surface area contributed by atoms with Crippen LogP contribution in [0.15, 0.2) is 41.5 Å². The molecule has 9 heteroatoms. The van der Waals surface area contributed by atoms with Gasteiger partial charge in [-0.3, -0.25) is 4.90 Å². The Morgan fingerprint density at radius 1 is 1.27 bits per heavy atom. The molecule has 1 fully saturated rings. The molecule has 1 aromatic heterocycles. The molecule has 1 atom stereocenters. The maximum atomic E-state index is 10.8. The molecule has 0 spiro atoms. The molecule has 1 aliphatic rings. The predicted molar refractivity (Wildman–Crippen MR) is 130 cm³/mol. The van der Waals surface area contributed by atoms with Gasteiger partial charge in [-0.1, -0.05) is 30.3 Å². The van der Waals surface area contributed by atoms with E-state index in [4.69, 9.17) is 4.74 Å². The highest BCUT2D eigenvalue weighted by molar-refractivity contribution is 14.0. The van der Waals surface area contributed by atoms with Crippen molar-refractivity contribution in [2.24, 2.45) is 4.99 Å². The van der Waals surface area contributed by atoms with E-state index >= 15 is 0 Å². The lowest BCUT2D eigenvalue weighted by atomic mass is 10.1. The third kappa shape index (κ3) is 7.86. The average Bonchev–Trinajstić information content (AvgIpc) is 3.20. The van der Waals surface area contributed by atoms with Crippen molar-refractivity contribution in [2.45, 2.75) is 26.0 Å². The number of ether oxygens (including phenoxy) is 1. The molecule has 1 aliphatic heterocycles. The number of nitrogens with one attached hydrogen (secondary N) is 3. The Morgan fingerprint density at radius 3 is 2.70 bits per heavy atom. The molecule has 30 heavy (non-hydrogen) atoms. The minimum atomic E-state index is -0.862. The first-order valence-corrected chi connectivity index (χ1v) is 10.2. The van der Waals surface area contributed by atoms with Crippen LogP contribution in [0.5, 0.6) is 0 Å². The molecule has 0 saturated carbocycles. The molecule has 8 nitrogen and oxygen atoms in total. The van der Waals surface area contributed by atoms with E-state index in [1.54, 1.807) is 0 Å². The number of aromatic nitrogens is 2. The summed E-state index contributed by atoms with van der Waals surface area (Å²) in [6.45, 7) is 9.19. The van der Waals surface area contributed by atoms with Crippen molar-refractivity contribution >= 4 is 29.9 Å². The number of β-amino-alcohol motifs (C(OH)–C–C–N with tert-alkyl or cyclic N) is 1. The SMILES string of the molecule is CCNC(=NCc1ncc(-c2ccccc2)[nH]1)NCC(C)(O)CN1CCOCC1.I. The van der Waals surface area contributed by atoms with Gasteiger partial charge < -0.3 is 25.5 Å². The second-order valence-corrected chi connectivity index (χ2v) is 7.54. The standard InChI is InChI=1S/C21H32N6O2.HI/c1-3-22-20(25-15-21(2,28)16-27-9-11-29-12-10-27)24-14-19-23-13-18(26-19)17-7-5-4-6-8-17;/h4-8,13,28H,3,9-12,14-16H2,1-2H3,(H,23,26)(H2,22,24,25);1H. The van der Waals surface area contributed by atoms with E-state index in [1.165, 1.54) is 0 Å². The van der Waals surface area contributed by atoms with Gasteiger partial charge in [-0.05, 0) is 19.4 Å². The molecule has 1 aromatic carbocycles. The summed E-state index contributed by atoms with van der Waals surface area (Å²) in [5, 5.41) is 17.2. The molecule has 3 rings (SSSR count). The number of morpholine rings is 1. The number of guanidine groups is 1. The summed E-state index contributed by atoms with van der Waals surface area (Å²) >= 11 is 0. The van der Waals surface area contributed by atoms with E-state index in [1.807, 2.05) is 50.4 Å². The molecule has 0 bridgehead atoms. The van der Waals surface area contributed by atoms with E-state index in [9.17, 15) is 5.11 Å².